The van der Waals surface area contributed by atoms with Gasteiger partial charge in [0.15, 0.2) is 5.16 Å². The van der Waals surface area contributed by atoms with Crippen LogP contribution in [0.1, 0.15) is 23.8 Å². The molecule has 1 aromatic carbocycles. The lowest BCUT2D eigenvalue weighted by Crippen LogP contribution is -2.31. The summed E-state index contributed by atoms with van der Waals surface area (Å²) in [7, 11) is 0. The first kappa shape index (κ1) is 17.6. The summed E-state index contributed by atoms with van der Waals surface area (Å²) in [6, 6.07) is 12.0. The monoisotopic (exact) mass is 403 g/mol. The maximum absolute atomic E-state index is 12.8. The second-order valence-corrected chi connectivity index (χ2v) is 8.47. The number of amides is 1. The van der Waals surface area contributed by atoms with Crippen LogP contribution in [0.15, 0.2) is 59.3 Å². The molecule has 1 unspecified atom stereocenters. The zero-order chi connectivity index (χ0) is 17.9. The summed E-state index contributed by atoms with van der Waals surface area (Å²) in [5.41, 5.74) is 0.947. The van der Waals surface area contributed by atoms with Gasteiger partial charge < -0.3 is 4.90 Å². The van der Waals surface area contributed by atoms with Crippen molar-refractivity contribution in [3.8, 4) is 5.69 Å². The fraction of sp³-hybridized carbons (Fsp3) is 0.263. The van der Waals surface area contributed by atoms with E-state index in [-0.39, 0.29) is 11.9 Å². The van der Waals surface area contributed by atoms with Gasteiger partial charge in [-0.05, 0) is 42.5 Å². The van der Waals surface area contributed by atoms with Crippen molar-refractivity contribution < 1.29 is 4.79 Å². The first-order valence-corrected chi connectivity index (χ1v) is 10.7. The molecule has 3 heterocycles. The summed E-state index contributed by atoms with van der Waals surface area (Å²) >= 11 is 9.29. The van der Waals surface area contributed by atoms with Crippen molar-refractivity contribution in [2.45, 2.75) is 24.0 Å². The second kappa shape index (κ2) is 7.86. The van der Waals surface area contributed by atoms with Crippen molar-refractivity contribution in [3.63, 3.8) is 0 Å². The summed E-state index contributed by atoms with van der Waals surface area (Å²) in [5.74, 6) is 0.561. The zero-order valence-electron chi connectivity index (χ0n) is 14.0. The van der Waals surface area contributed by atoms with E-state index >= 15 is 0 Å². The summed E-state index contributed by atoms with van der Waals surface area (Å²) < 4.78 is 1.96. The molecular weight excluding hydrogens is 386 g/mol. The van der Waals surface area contributed by atoms with Crippen LogP contribution in [0, 0.1) is 0 Å². The number of thioether (sulfide) groups is 1. The van der Waals surface area contributed by atoms with Gasteiger partial charge >= 0.3 is 0 Å². The molecule has 1 aliphatic heterocycles. The van der Waals surface area contributed by atoms with Gasteiger partial charge in [-0.15, -0.1) is 11.3 Å². The fourth-order valence-corrected chi connectivity index (χ4v) is 5.19. The molecule has 1 fully saturated rings. The minimum Gasteiger partial charge on any atom is -0.334 e. The predicted octanol–water partition coefficient (Wildman–Crippen LogP) is 5.04. The van der Waals surface area contributed by atoms with Gasteiger partial charge in [-0.25, -0.2) is 4.98 Å². The molecular formula is C19H18ClN3OS2. The maximum atomic E-state index is 12.8. The van der Waals surface area contributed by atoms with Crippen molar-refractivity contribution in [2.24, 2.45) is 0 Å². The molecule has 2 aromatic heterocycles. The quantitative estimate of drug-likeness (QED) is 0.560. The number of nitrogens with zero attached hydrogens (tertiary/aromatic N) is 3. The summed E-state index contributed by atoms with van der Waals surface area (Å²) in [6.07, 6.45) is 5.75. The molecule has 0 N–H and O–H groups in total. The highest BCUT2D eigenvalue weighted by Crippen LogP contribution is 2.35. The number of thiophene rings is 1. The number of halogens is 1. The third-order valence-electron chi connectivity index (χ3n) is 4.46. The van der Waals surface area contributed by atoms with Crippen LogP contribution >= 0.6 is 34.7 Å². The lowest BCUT2D eigenvalue weighted by atomic mass is 10.2. The van der Waals surface area contributed by atoms with Crippen LogP contribution in [0.3, 0.4) is 0 Å². The lowest BCUT2D eigenvalue weighted by molar-refractivity contribution is -0.129. The molecule has 4 rings (SSSR count). The molecule has 26 heavy (non-hydrogen) atoms. The highest BCUT2D eigenvalue weighted by atomic mass is 35.5. The molecule has 7 heteroatoms. The van der Waals surface area contributed by atoms with E-state index in [1.165, 1.54) is 16.6 Å². The highest BCUT2D eigenvalue weighted by Gasteiger charge is 2.30. The number of rotatable bonds is 5. The second-order valence-electron chi connectivity index (χ2n) is 6.11. The highest BCUT2D eigenvalue weighted by molar-refractivity contribution is 7.99. The Kier molecular flexibility index (Phi) is 5.33. The maximum Gasteiger partial charge on any atom is 0.233 e. The number of likely N-dealkylation sites (tertiary alicyclic amines) is 1. The number of aromatic nitrogens is 2. The third kappa shape index (κ3) is 3.68. The average molecular weight is 404 g/mol. The summed E-state index contributed by atoms with van der Waals surface area (Å²) in [6.45, 7) is 0.838. The van der Waals surface area contributed by atoms with Gasteiger partial charge in [0, 0.05) is 34.5 Å². The van der Waals surface area contributed by atoms with Gasteiger partial charge in [-0.1, -0.05) is 35.5 Å². The first-order chi connectivity index (χ1) is 12.7. The normalized spacial score (nSPS) is 17.0. The number of benzene rings is 1. The number of imidazole rings is 1. The smallest absolute Gasteiger partial charge is 0.233 e. The van der Waals surface area contributed by atoms with Crippen LogP contribution in [0.2, 0.25) is 5.02 Å². The molecule has 134 valence electrons. The van der Waals surface area contributed by atoms with Gasteiger partial charge in [0.1, 0.15) is 0 Å². The van der Waals surface area contributed by atoms with Crippen molar-refractivity contribution in [1.29, 1.82) is 0 Å². The van der Waals surface area contributed by atoms with E-state index in [9.17, 15) is 4.79 Å². The van der Waals surface area contributed by atoms with Gasteiger partial charge in [0.25, 0.3) is 0 Å². The number of carbonyl (C=O) groups excluding carboxylic acids is 1. The van der Waals surface area contributed by atoms with E-state index < -0.39 is 0 Å². The minimum absolute atomic E-state index is 0.173. The molecule has 1 saturated heterocycles. The molecule has 1 aliphatic rings. The van der Waals surface area contributed by atoms with Crippen LogP contribution < -0.4 is 0 Å². The van der Waals surface area contributed by atoms with E-state index in [1.807, 2.05) is 39.9 Å². The van der Waals surface area contributed by atoms with Crippen LogP contribution in [0.4, 0.5) is 0 Å². The number of hydrogen-bond donors (Lipinski definition) is 0. The van der Waals surface area contributed by atoms with Crippen molar-refractivity contribution in [3.05, 3.63) is 64.1 Å². The van der Waals surface area contributed by atoms with E-state index in [2.05, 4.69) is 22.5 Å². The van der Waals surface area contributed by atoms with Gasteiger partial charge in [0.05, 0.1) is 11.8 Å². The SMILES string of the molecule is O=C(CSc1nccn1-c1cccc(Cl)c1)N1CCCC1c1cccs1. The molecule has 1 atom stereocenters. The molecule has 1 amide bonds. The Bertz CT molecular complexity index is 894. The third-order valence-corrected chi connectivity index (χ3v) is 6.62. The number of carbonyl (C=O) groups is 1. The molecule has 4 nitrogen and oxygen atoms in total. The molecule has 0 aliphatic carbocycles. The first-order valence-electron chi connectivity index (χ1n) is 8.47. The van der Waals surface area contributed by atoms with Gasteiger partial charge in [-0.2, -0.15) is 0 Å². The summed E-state index contributed by atoms with van der Waals surface area (Å²) in [5, 5.41) is 3.55. The van der Waals surface area contributed by atoms with Crippen molar-refractivity contribution >= 4 is 40.6 Å². The Morgan fingerprint density at radius 3 is 3.08 bits per heavy atom. The van der Waals surface area contributed by atoms with Crippen molar-refractivity contribution in [2.75, 3.05) is 12.3 Å². The number of hydrogen-bond acceptors (Lipinski definition) is 4. The lowest BCUT2D eigenvalue weighted by Gasteiger charge is -2.23. The molecule has 0 bridgehead atoms. The van der Waals surface area contributed by atoms with Gasteiger partial charge in [-0.3, -0.25) is 9.36 Å². The van der Waals surface area contributed by atoms with E-state index in [0.29, 0.717) is 10.8 Å². The topological polar surface area (TPSA) is 38.1 Å². The Labute approximate surface area is 165 Å². The van der Waals surface area contributed by atoms with Crippen LogP contribution in [0.25, 0.3) is 5.69 Å². The van der Waals surface area contributed by atoms with Crippen molar-refractivity contribution in [1.82, 2.24) is 14.5 Å². The van der Waals surface area contributed by atoms with Crippen LogP contribution in [0.5, 0.6) is 0 Å². The Balaban J connectivity index is 1.45. The van der Waals surface area contributed by atoms with E-state index in [4.69, 9.17) is 11.6 Å². The Hall–Kier alpha value is -1.76. The Morgan fingerprint density at radius 1 is 1.35 bits per heavy atom. The van der Waals surface area contributed by atoms with E-state index in [0.717, 1.165) is 30.2 Å². The average Bonchev–Trinajstić information content (AvgIpc) is 3.40. The molecule has 0 spiro atoms. The Morgan fingerprint density at radius 2 is 2.27 bits per heavy atom. The molecule has 3 aromatic rings. The minimum atomic E-state index is 0.173. The van der Waals surface area contributed by atoms with Crippen LogP contribution in [-0.4, -0.2) is 32.7 Å². The molecule has 0 radical (unpaired) electrons. The fourth-order valence-electron chi connectivity index (χ4n) is 3.27. The molecule has 0 saturated carbocycles. The van der Waals surface area contributed by atoms with Gasteiger partial charge in [0.2, 0.25) is 5.91 Å². The van der Waals surface area contributed by atoms with E-state index in [1.54, 1.807) is 17.5 Å². The zero-order valence-corrected chi connectivity index (χ0v) is 16.4. The predicted molar refractivity (Wildman–Crippen MR) is 107 cm³/mol. The standard InChI is InChI=1S/C19H18ClN3OS2/c20-14-4-1-5-15(12-14)22-10-8-21-19(22)26-13-18(24)23-9-2-6-16(23)17-7-3-11-25-17/h1,3-5,7-8,10-12,16H,2,6,9,13H2. The largest absolute Gasteiger partial charge is 0.334 e. The summed E-state index contributed by atoms with van der Waals surface area (Å²) in [4.78, 5) is 20.5. The van der Waals surface area contributed by atoms with Crippen LogP contribution in [-0.2, 0) is 4.79 Å².